The number of nitrogens with one attached hydrogen (secondary N) is 1. The Bertz CT molecular complexity index is 814. The van der Waals surface area contributed by atoms with Gasteiger partial charge in [-0.25, -0.2) is 9.07 Å². The molecule has 8 heteroatoms. The van der Waals surface area contributed by atoms with Gasteiger partial charge in [-0.3, -0.25) is 9.69 Å². The number of amides is 1. The molecule has 7 nitrogen and oxygen atoms in total. The van der Waals surface area contributed by atoms with E-state index in [1.807, 2.05) is 0 Å². The first-order chi connectivity index (χ1) is 12.5. The molecule has 2 heterocycles. The molecular weight excluding hydrogens is 337 g/mol. The van der Waals surface area contributed by atoms with Crippen molar-refractivity contribution in [3.63, 3.8) is 0 Å². The van der Waals surface area contributed by atoms with E-state index in [1.165, 1.54) is 13.2 Å². The van der Waals surface area contributed by atoms with E-state index < -0.39 is 0 Å². The van der Waals surface area contributed by atoms with Gasteiger partial charge in [-0.15, -0.1) is 5.10 Å². The fraction of sp³-hybridized carbons (Fsp3) is 0.500. The Morgan fingerprint density at radius 1 is 1.38 bits per heavy atom. The maximum absolute atomic E-state index is 13.6. The van der Waals surface area contributed by atoms with Crippen molar-refractivity contribution in [2.24, 2.45) is 0 Å². The van der Waals surface area contributed by atoms with Crippen molar-refractivity contribution in [1.29, 1.82) is 0 Å². The molecule has 4 rings (SSSR count). The van der Waals surface area contributed by atoms with E-state index >= 15 is 0 Å². The van der Waals surface area contributed by atoms with Gasteiger partial charge < -0.3 is 10.1 Å². The second-order valence-corrected chi connectivity index (χ2v) is 7.01. The second kappa shape index (κ2) is 6.68. The van der Waals surface area contributed by atoms with Crippen LogP contribution in [-0.4, -0.2) is 52.0 Å². The highest BCUT2D eigenvalue weighted by Gasteiger charge is 2.33. The number of benzene rings is 1. The Kier molecular flexibility index (Phi) is 4.36. The van der Waals surface area contributed by atoms with Crippen molar-refractivity contribution in [3.8, 4) is 5.75 Å². The van der Waals surface area contributed by atoms with Gasteiger partial charge in [-0.1, -0.05) is 11.3 Å². The summed E-state index contributed by atoms with van der Waals surface area (Å²) < 4.78 is 20.4. The van der Waals surface area contributed by atoms with Crippen LogP contribution in [0.2, 0.25) is 0 Å². The lowest BCUT2D eigenvalue weighted by molar-refractivity contribution is 0.0671. The number of aromatic nitrogens is 3. The number of nitrogens with zero attached hydrogens (tertiary/aromatic N) is 4. The van der Waals surface area contributed by atoms with Crippen LogP contribution in [0.15, 0.2) is 24.4 Å². The summed E-state index contributed by atoms with van der Waals surface area (Å²) in [4.78, 5) is 14.5. The van der Waals surface area contributed by atoms with Gasteiger partial charge in [-0.05, 0) is 37.5 Å². The average molecular weight is 359 g/mol. The Balaban J connectivity index is 1.31. The molecule has 1 aliphatic heterocycles. The first kappa shape index (κ1) is 17.0. The van der Waals surface area contributed by atoms with E-state index in [1.54, 1.807) is 23.0 Å². The zero-order valence-corrected chi connectivity index (χ0v) is 14.9. The number of likely N-dealkylation sites (tertiary alicyclic amines) is 1. The Morgan fingerprint density at radius 3 is 2.85 bits per heavy atom. The molecule has 2 fully saturated rings. The van der Waals surface area contributed by atoms with E-state index in [2.05, 4.69) is 27.5 Å². The molecule has 0 radical (unpaired) electrons. The summed E-state index contributed by atoms with van der Waals surface area (Å²) in [5.74, 6) is -0.299. The summed E-state index contributed by atoms with van der Waals surface area (Å²) in [6.45, 7) is 3.54. The second-order valence-electron chi connectivity index (χ2n) is 7.01. The van der Waals surface area contributed by atoms with E-state index in [0.717, 1.165) is 31.5 Å². The van der Waals surface area contributed by atoms with Crippen molar-refractivity contribution in [1.82, 2.24) is 25.2 Å². The number of rotatable bonds is 6. The topological polar surface area (TPSA) is 72.3 Å². The summed E-state index contributed by atoms with van der Waals surface area (Å²) in [5, 5.41) is 11.0. The minimum atomic E-state index is -0.364. The normalized spacial score (nSPS) is 19.0. The largest absolute Gasteiger partial charge is 0.494 e. The smallest absolute Gasteiger partial charge is 0.273 e. The number of ether oxygens (including phenoxy) is 1. The van der Waals surface area contributed by atoms with Crippen molar-refractivity contribution in [3.05, 3.63) is 41.5 Å². The van der Waals surface area contributed by atoms with Crippen molar-refractivity contribution in [2.45, 2.75) is 37.9 Å². The maximum atomic E-state index is 13.6. The van der Waals surface area contributed by atoms with Crippen LogP contribution in [0.5, 0.6) is 5.75 Å². The highest BCUT2D eigenvalue weighted by molar-refractivity contribution is 5.92. The fourth-order valence-corrected chi connectivity index (χ4v) is 3.22. The van der Waals surface area contributed by atoms with Crippen LogP contribution in [0.25, 0.3) is 0 Å². The number of hydrogen-bond donors (Lipinski definition) is 1. The van der Waals surface area contributed by atoms with Gasteiger partial charge in [0.15, 0.2) is 17.3 Å². The third-order valence-electron chi connectivity index (χ3n) is 5.11. The molecule has 1 saturated carbocycles. The Labute approximate surface area is 151 Å². The SMILES string of the molecule is COc1cc(C(C)N2CC(NC(=O)c3cn(C4CC4)nn3)C2)ccc1F. The van der Waals surface area contributed by atoms with Gasteiger partial charge in [0.1, 0.15) is 0 Å². The number of halogens is 1. The van der Waals surface area contributed by atoms with Crippen molar-refractivity contribution in [2.75, 3.05) is 20.2 Å². The summed E-state index contributed by atoms with van der Waals surface area (Å²) in [7, 11) is 1.46. The molecule has 1 unspecified atom stereocenters. The van der Waals surface area contributed by atoms with Gasteiger partial charge in [-0.2, -0.15) is 0 Å². The van der Waals surface area contributed by atoms with Gasteiger partial charge >= 0.3 is 0 Å². The van der Waals surface area contributed by atoms with Gasteiger partial charge in [0, 0.05) is 19.1 Å². The predicted molar refractivity (Wildman–Crippen MR) is 92.5 cm³/mol. The lowest BCUT2D eigenvalue weighted by Crippen LogP contribution is -2.59. The predicted octanol–water partition coefficient (Wildman–Crippen LogP) is 1.94. The van der Waals surface area contributed by atoms with E-state index in [4.69, 9.17) is 4.74 Å². The standard InChI is InChI=1S/C18H22FN5O2/c1-11(12-3-6-15(19)17(7-12)26-2)23-8-13(9-23)20-18(25)16-10-24(22-21-16)14-4-5-14/h3,6-7,10-11,13-14H,4-5,8-9H2,1-2H3,(H,20,25). The van der Waals surface area contributed by atoms with Crippen molar-refractivity contribution >= 4 is 5.91 Å². The molecule has 1 aromatic heterocycles. The molecule has 138 valence electrons. The van der Waals surface area contributed by atoms with Gasteiger partial charge in [0.05, 0.1) is 25.4 Å². The minimum absolute atomic E-state index is 0.0818. The number of carbonyl (C=O) groups excluding carboxylic acids is 1. The molecule has 0 spiro atoms. The van der Waals surface area contributed by atoms with Gasteiger partial charge in [0.2, 0.25) is 0 Å². The highest BCUT2D eigenvalue weighted by Crippen LogP contribution is 2.33. The molecular formula is C18H22FN5O2. The Morgan fingerprint density at radius 2 is 2.15 bits per heavy atom. The van der Waals surface area contributed by atoms with Crippen molar-refractivity contribution < 1.29 is 13.9 Å². The first-order valence-corrected chi connectivity index (χ1v) is 8.85. The number of methoxy groups -OCH3 is 1. The molecule has 1 aromatic carbocycles. The zero-order chi connectivity index (χ0) is 18.3. The third-order valence-corrected chi connectivity index (χ3v) is 5.11. The lowest BCUT2D eigenvalue weighted by Gasteiger charge is -2.43. The average Bonchev–Trinajstić information content (AvgIpc) is 3.34. The first-order valence-electron chi connectivity index (χ1n) is 8.85. The third kappa shape index (κ3) is 3.29. The molecule has 1 amide bonds. The summed E-state index contributed by atoms with van der Waals surface area (Å²) >= 11 is 0. The van der Waals surface area contributed by atoms with E-state index in [9.17, 15) is 9.18 Å². The summed E-state index contributed by atoms with van der Waals surface area (Å²) in [6.07, 6.45) is 3.93. The summed E-state index contributed by atoms with van der Waals surface area (Å²) in [5.41, 5.74) is 1.35. The van der Waals surface area contributed by atoms with Crippen LogP contribution in [0.1, 0.15) is 47.9 Å². The minimum Gasteiger partial charge on any atom is -0.494 e. The molecule has 1 saturated heterocycles. The van der Waals surface area contributed by atoms with Gasteiger partial charge in [0.25, 0.3) is 5.91 Å². The summed E-state index contributed by atoms with van der Waals surface area (Å²) in [6, 6.07) is 5.53. The molecule has 1 aliphatic carbocycles. The van der Waals surface area contributed by atoms with Crippen LogP contribution >= 0.6 is 0 Å². The number of carbonyl (C=O) groups is 1. The quantitative estimate of drug-likeness (QED) is 0.853. The Hall–Kier alpha value is -2.48. The fourth-order valence-electron chi connectivity index (χ4n) is 3.22. The molecule has 26 heavy (non-hydrogen) atoms. The van der Waals surface area contributed by atoms with E-state index in [0.29, 0.717) is 11.7 Å². The van der Waals surface area contributed by atoms with Crippen LogP contribution in [0.3, 0.4) is 0 Å². The lowest BCUT2D eigenvalue weighted by atomic mass is 10.00. The van der Waals surface area contributed by atoms with Crippen LogP contribution in [0.4, 0.5) is 4.39 Å². The molecule has 2 aliphatic rings. The number of hydrogen-bond acceptors (Lipinski definition) is 5. The monoisotopic (exact) mass is 359 g/mol. The van der Waals surface area contributed by atoms with E-state index in [-0.39, 0.29) is 29.6 Å². The van der Waals surface area contributed by atoms with Crippen LogP contribution in [0, 0.1) is 5.82 Å². The molecule has 1 atom stereocenters. The molecule has 0 bridgehead atoms. The zero-order valence-electron chi connectivity index (χ0n) is 14.9. The molecule has 2 aromatic rings. The molecule has 1 N–H and O–H groups in total. The van der Waals surface area contributed by atoms with Crippen LogP contribution in [-0.2, 0) is 0 Å². The van der Waals surface area contributed by atoms with Crippen LogP contribution < -0.4 is 10.1 Å². The maximum Gasteiger partial charge on any atom is 0.273 e. The highest BCUT2D eigenvalue weighted by atomic mass is 19.1.